The monoisotopic (exact) mass is 195 g/mol. The highest BCUT2D eigenvalue weighted by Gasteiger charge is 2.05. The van der Waals surface area contributed by atoms with Gasteiger partial charge in [-0.25, -0.2) is 4.39 Å². The minimum atomic E-state index is -0.236. The first-order valence-electron chi connectivity index (χ1n) is 3.77. The van der Waals surface area contributed by atoms with Gasteiger partial charge in [0, 0.05) is 4.88 Å². The lowest BCUT2D eigenvalue weighted by atomic mass is 10.2. The summed E-state index contributed by atoms with van der Waals surface area (Å²) in [5.74, 6) is -0.236. The number of hydrogen-bond acceptors (Lipinski definition) is 3. The second-order valence-electron chi connectivity index (χ2n) is 2.66. The van der Waals surface area contributed by atoms with E-state index in [1.54, 1.807) is 12.1 Å². The minimum Gasteiger partial charge on any atom is -0.205 e. The largest absolute Gasteiger partial charge is 0.205 e. The lowest BCUT2D eigenvalue weighted by Crippen LogP contribution is -1.69. The fourth-order valence-corrected chi connectivity index (χ4v) is 2.20. The van der Waals surface area contributed by atoms with Gasteiger partial charge in [-0.15, -0.1) is 11.3 Å². The predicted octanol–water partition coefficient (Wildman–Crippen LogP) is 3.31. The minimum absolute atomic E-state index is 0.124. The van der Waals surface area contributed by atoms with Crippen LogP contribution in [0.3, 0.4) is 0 Å². The topological polar surface area (TPSA) is 29.4 Å². The fraction of sp³-hybridized carbons (Fsp3) is 0.111. The molecule has 0 aliphatic carbocycles. The first-order valence-corrected chi connectivity index (χ1v) is 4.59. The highest BCUT2D eigenvalue weighted by atomic mass is 32.1. The van der Waals surface area contributed by atoms with Crippen molar-refractivity contribution in [1.82, 2.24) is 0 Å². The van der Waals surface area contributed by atoms with Crippen LogP contribution in [-0.2, 0) is 6.54 Å². The van der Waals surface area contributed by atoms with E-state index in [9.17, 15) is 9.30 Å². The smallest absolute Gasteiger partial charge is 0.140 e. The van der Waals surface area contributed by atoms with E-state index in [1.165, 1.54) is 17.4 Å². The number of rotatable bonds is 2. The molecule has 0 unspecified atom stereocenters. The van der Waals surface area contributed by atoms with Crippen LogP contribution >= 0.6 is 11.3 Å². The summed E-state index contributed by atoms with van der Waals surface area (Å²) in [5.41, 5.74) is 0. The maximum absolute atomic E-state index is 13.1. The van der Waals surface area contributed by atoms with Crippen molar-refractivity contribution >= 4 is 21.4 Å². The summed E-state index contributed by atoms with van der Waals surface area (Å²) in [6.07, 6.45) is 0. The van der Waals surface area contributed by atoms with Crippen molar-refractivity contribution in [1.29, 1.82) is 0 Å². The van der Waals surface area contributed by atoms with Gasteiger partial charge in [-0.05, 0) is 17.5 Å². The molecule has 66 valence electrons. The van der Waals surface area contributed by atoms with Crippen LogP contribution in [-0.4, -0.2) is 0 Å². The molecule has 0 N–H and O–H groups in total. The Kier molecular flexibility index (Phi) is 2.06. The summed E-state index contributed by atoms with van der Waals surface area (Å²) in [4.78, 5) is 10.8. The molecule has 2 rings (SSSR count). The van der Waals surface area contributed by atoms with Gasteiger partial charge in [0.1, 0.15) is 12.4 Å². The Balaban J connectivity index is 2.61. The molecule has 1 heterocycles. The Hall–Kier alpha value is -1.29. The summed E-state index contributed by atoms with van der Waals surface area (Å²) in [5, 5.41) is 3.61. The van der Waals surface area contributed by atoms with E-state index in [0.29, 0.717) is 4.70 Å². The Morgan fingerprint density at radius 1 is 1.46 bits per heavy atom. The number of benzene rings is 1. The lowest BCUT2D eigenvalue weighted by Gasteiger charge is -1.87. The summed E-state index contributed by atoms with van der Waals surface area (Å²) in [6, 6.07) is 6.69. The van der Waals surface area contributed by atoms with E-state index < -0.39 is 0 Å². The van der Waals surface area contributed by atoms with E-state index in [4.69, 9.17) is 0 Å². The van der Waals surface area contributed by atoms with Gasteiger partial charge in [-0.3, -0.25) is 0 Å². The van der Waals surface area contributed by atoms with Crippen molar-refractivity contribution in [3.63, 3.8) is 0 Å². The normalized spacial score (nSPS) is 10.5. The molecule has 2 aromatic rings. The van der Waals surface area contributed by atoms with Crippen LogP contribution in [0.1, 0.15) is 4.88 Å². The molecule has 0 aliphatic rings. The maximum Gasteiger partial charge on any atom is 0.140 e. The molecule has 4 heteroatoms. The zero-order valence-electron chi connectivity index (χ0n) is 6.66. The van der Waals surface area contributed by atoms with Crippen LogP contribution in [0.4, 0.5) is 4.39 Å². The standard InChI is InChI=1S/C9H6FNOS/c10-8-3-1-2-6-4-7(5-11-12)13-9(6)8/h1-4H,5H2. The van der Waals surface area contributed by atoms with Crippen LogP contribution in [0.15, 0.2) is 29.4 Å². The molecular weight excluding hydrogens is 189 g/mol. The van der Waals surface area contributed by atoms with Gasteiger partial charge in [0.15, 0.2) is 0 Å². The predicted molar refractivity (Wildman–Crippen MR) is 51.3 cm³/mol. The number of nitroso groups, excluding NO2 is 1. The highest BCUT2D eigenvalue weighted by molar-refractivity contribution is 7.19. The van der Waals surface area contributed by atoms with Crippen molar-refractivity contribution < 1.29 is 4.39 Å². The molecule has 13 heavy (non-hydrogen) atoms. The van der Waals surface area contributed by atoms with Crippen LogP contribution in [0.25, 0.3) is 10.1 Å². The molecule has 0 atom stereocenters. The number of hydrogen-bond donors (Lipinski definition) is 0. The van der Waals surface area contributed by atoms with E-state index in [-0.39, 0.29) is 12.4 Å². The second kappa shape index (κ2) is 3.22. The number of fused-ring (bicyclic) bond motifs is 1. The number of thiophene rings is 1. The van der Waals surface area contributed by atoms with Gasteiger partial charge in [0.25, 0.3) is 0 Å². The van der Waals surface area contributed by atoms with Gasteiger partial charge < -0.3 is 0 Å². The highest BCUT2D eigenvalue weighted by Crippen LogP contribution is 2.28. The molecule has 0 aliphatic heterocycles. The molecule has 2 nitrogen and oxygen atoms in total. The zero-order chi connectivity index (χ0) is 9.26. The second-order valence-corrected chi connectivity index (χ2v) is 3.79. The zero-order valence-corrected chi connectivity index (χ0v) is 7.47. The number of halogens is 1. The third kappa shape index (κ3) is 1.45. The quantitative estimate of drug-likeness (QED) is 0.676. The summed E-state index contributed by atoms with van der Waals surface area (Å²) >= 11 is 1.28. The fourth-order valence-electron chi connectivity index (χ4n) is 1.22. The van der Waals surface area contributed by atoms with Crippen LogP contribution in [0, 0.1) is 10.7 Å². The Morgan fingerprint density at radius 3 is 3.00 bits per heavy atom. The average molecular weight is 195 g/mol. The van der Waals surface area contributed by atoms with Crippen molar-refractivity contribution in [3.05, 3.63) is 39.9 Å². The van der Waals surface area contributed by atoms with Crippen molar-refractivity contribution in [2.24, 2.45) is 5.18 Å². The first-order chi connectivity index (χ1) is 6.31. The number of nitrogens with zero attached hydrogens (tertiary/aromatic N) is 1. The Labute approximate surface area is 78.0 Å². The van der Waals surface area contributed by atoms with Crippen molar-refractivity contribution in [3.8, 4) is 0 Å². The average Bonchev–Trinajstić information content (AvgIpc) is 2.49. The van der Waals surface area contributed by atoms with E-state index in [0.717, 1.165) is 10.3 Å². The molecule has 0 fully saturated rings. The SMILES string of the molecule is O=NCc1cc2cccc(F)c2s1. The lowest BCUT2D eigenvalue weighted by molar-refractivity contribution is 0.642. The van der Waals surface area contributed by atoms with E-state index in [2.05, 4.69) is 5.18 Å². The summed E-state index contributed by atoms with van der Waals surface area (Å²) in [6.45, 7) is 0.124. The van der Waals surface area contributed by atoms with Crippen LogP contribution in [0.2, 0.25) is 0 Å². The van der Waals surface area contributed by atoms with E-state index >= 15 is 0 Å². The van der Waals surface area contributed by atoms with Crippen LogP contribution in [0.5, 0.6) is 0 Å². The molecular formula is C9H6FNOS. The Bertz CT molecular complexity index is 452. The molecule has 0 radical (unpaired) electrons. The maximum atomic E-state index is 13.1. The third-order valence-electron chi connectivity index (χ3n) is 1.77. The molecule has 0 amide bonds. The van der Waals surface area contributed by atoms with Gasteiger partial charge in [-0.2, -0.15) is 4.91 Å². The molecule has 0 spiro atoms. The molecule has 0 bridgehead atoms. The third-order valence-corrected chi connectivity index (χ3v) is 2.91. The summed E-state index contributed by atoms with van der Waals surface area (Å²) in [7, 11) is 0. The molecule has 0 saturated carbocycles. The van der Waals surface area contributed by atoms with Gasteiger partial charge >= 0.3 is 0 Å². The van der Waals surface area contributed by atoms with Crippen molar-refractivity contribution in [2.45, 2.75) is 6.54 Å². The molecule has 1 aromatic carbocycles. The van der Waals surface area contributed by atoms with Crippen molar-refractivity contribution in [2.75, 3.05) is 0 Å². The first kappa shape index (κ1) is 8.31. The van der Waals surface area contributed by atoms with Gasteiger partial charge in [-0.1, -0.05) is 17.3 Å². The van der Waals surface area contributed by atoms with E-state index in [1.807, 2.05) is 6.07 Å². The van der Waals surface area contributed by atoms with Gasteiger partial charge in [0.2, 0.25) is 0 Å². The Morgan fingerprint density at radius 2 is 2.31 bits per heavy atom. The molecule has 1 aromatic heterocycles. The van der Waals surface area contributed by atoms with Gasteiger partial charge in [0.05, 0.1) is 4.70 Å². The summed E-state index contributed by atoms with van der Waals surface area (Å²) < 4.78 is 13.7. The van der Waals surface area contributed by atoms with Crippen LogP contribution < -0.4 is 0 Å². The molecule has 0 saturated heterocycles.